The van der Waals surface area contributed by atoms with E-state index in [1.807, 2.05) is 32.0 Å². The highest BCUT2D eigenvalue weighted by atomic mass is 16.5. The number of rotatable bonds is 6. The number of methoxy groups -OCH3 is 1. The van der Waals surface area contributed by atoms with Gasteiger partial charge in [-0.15, -0.1) is 0 Å². The predicted octanol–water partition coefficient (Wildman–Crippen LogP) is 3.35. The molecule has 112 valence electrons. The lowest BCUT2D eigenvalue weighted by Gasteiger charge is -2.12. The lowest BCUT2D eigenvalue weighted by atomic mass is 10.1. The summed E-state index contributed by atoms with van der Waals surface area (Å²) in [6.07, 6.45) is 0. The molecule has 4 nitrogen and oxygen atoms in total. The average Bonchev–Trinajstić information content (AvgIpc) is 2.48. The molecule has 2 N–H and O–H groups in total. The van der Waals surface area contributed by atoms with Crippen molar-refractivity contribution in [3.05, 3.63) is 47.5 Å². The van der Waals surface area contributed by atoms with Gasteiger partial charge >= 0.3 is 0 Å². The van der Waals surface area contributed by atoms with Gasteiger partial charge in [-0.1, -0.05) is 12.1 Å². The van der Waals surface area contributed by atoms with Crippen molar-refractivity contribution in [2.45, 2.75) is 13.8 Å². The Morgan fingerprint density at radius 3 is 2.29 bits per heavy atom. The summed E-state index contributed by atoms with van der Waals surface area (Å²) in [6, 6.07) is 11.5. The topological polar surface area (TPSA) is 53.7 Å². The van der Waals surface area contributed by atoms with E-state index >= 15 is 0 Å². The first-order valence-electron chi connectivity index (χ1n) is 6.86. The molecule has 0 aromatic heterocycles. The number of benzene rings is 2. The van der Waals surface area contributed by atoms with Crippen molar-refractivity contribution in [2.75, 3.05) is 26.1 Å². The van der Waals surface area contributed by atoms with Crippen molar-refractivity contribution in [3.8, 4) is 17.2 Å². The zero-order valence-corrected chi connectivity index (χ0v) is 12.7. The summed E-state index contributed by atoms with van der Waals surface area (Å²) >= 11 is 0. The lowest BCUT2D eigenvalue weighted by molar-refractivity contribution is 0.217. The molecular weight excluding hydrogens is 266 g/mol. The van der Waals surface area contributed by atoms with E-state index in [1.54, 1.807) is 19.2 Å². The van der Waals surface area contributed by atoms with Crippen molar-refractivity contribution >= 4 is 5.69 Å². The summed E-state index contributed by atoms with van der Waals surface area (Å²) in [5.41, 5.74) is 8.74. The molecule has 0 saturated heterocycles. The minimum atomic E-state index is 0.434. The van der Waals surface area contributed by atoms with Crippen LogP contribution in [0.1, 0.15) is 11.1 Å². The van der Waals surface area contributed by atoms with Crippen molar-refractivity contribution in [1.82, 2.24) is 0 Å². The largest absolute Gasteiger partial charge is 0.497 e. The van der Waals surface area contributed by atoms with Gasteiger partial charge in [0.05, 0.1) is 12.8 Å². The highest BCUT2D eigenvalue weighted by Crippen LogP contribution is 2.26. The van der Waals surface area contributed by atoms with E-state index in [-0.39, 0.29) is 0 Å². The Balaban J connectivity index is 1.86. The summed E-state index contributed by atoms with van der Waals surface area (Å²) < 4.78 is 16.5. The highest BCUT2D eigenvalue weighted by molar-refractivity contribution is 5.56. The number of nitrogens with two attached hydrogens (primary N) is 1. The zero-order chi connectivity index (χ0) is 15.2. The maximum absolute atomic E-state index is 5.89. The third kappa shape index (κ3) is 4.05. The number of aryl methyl sites for hydroxylation is 2. The molecule has 2 rings (SSSR count). The first kappa shape index (κ1) is 15.0. The average molecular weight is 287 g/mol. The summed E-state index contributed by atoms with van der Waals surface area (Å²) in [5.74, 6) is 2.24. The number of nitrogen functional groups attached to an aromatic ring is 1. The first-order chi connectivity index (χ1) is 10.1. The monoisotopic (exact) mass is 287 g/mol. The van der Waals surface area contributed by atoms with E-state index < -0.39 is 0 Å². The zero-order valence-electron chi connectivity index (χ0n) is 12.7. The summed E-state index contributed by atoms with van der Waals surface area (Å²) in [6.45, 7) is 4.97. The molecule has 0 spiro atoms. The molecule has 0 amide bonds. The molecule has 4 heteroatoms. The third-order valence-corrected chi connectivity index (χ3v) is 3.16. The molecule has 0 aliphatic carbocycles. The van der Waals surface area contributed by atoms with Gasteiger partial charge in [0, 0.05) is 6.07 Å². The van der Waals surface area contributed by atoms with Gasteiger partial charge in [-0.3, -0.25) is 0 Å². The molecule has 0 heterocycles. The maximum Gasteiger partial charge on any atom is 0.142 e. The fraction of sp³-hybridized carbons (Fsp3) is 0.294. The smallest absolute Gasteiger partial charge is 0.142 e. The van der Waals surface area contributed by atoms with Crippen LogP contribution in [0, 0.1) is 13.8 Å². The third-order valence-electron chi connectivity index (χ3n) is 3.16. The van der Waals surface area contributed by atoms with Crippen molar-refractivity contribution in [1.29, 1.82) is 0 Å². The normalized spacial score (nSPS) is 10.2. The molecule has 0 bridgehead atoms. The molecule has 0 unspecified atom stereocenters. The van der Waals surface area contributed by atoms with E-state index in [0.717, 1.165) is 11.3 Å². The Hall–Kier alpha value is -2.36. The number of hydrogen-bond acceptors (Lipinski definition) is 4. The quantitative estimate of drug-likeness (QED) is 0.654. The van der Waals surface area contributed by atoms with E-state index in [1.165, 1.54) is 5.56 Å². The molecule has 2 aromatic rings. The standard InChI is InChI=1S/C17H21NO3/c1-12-4-5-13(2)17(10-12)21-9-8-20-16-7-6-14(19-3)11-15(16)18/h4-7,10-11H,8-9,18H2,1-3H3. The van der Waals surface area contributed by atoms with Crippen LogP contribution in [0.25, 0.3) is 0 Å². The Labute approximate surface area is 125 Å². The van der Waals surface area contributed by atoms with Crippen LogP contribution in [0.3, 0.4) is 0 Å². The van der Waals surface area contributed by atoms with Gasteiger partial charge < -0.3 is 19.9 Å². The second-order valence-electron chi connectivity index (χ2n) is 4.87. The highest BCUT2D eigenvalue weighted by Gasteiger charge is 2.03. The van der Waals surface area contributed by atoms with E-state index in [0.29, 0.717) is 30.4 Å². The minimum Gasteiger partial charge on any atom is -0.497 e. The Morgan fingerprint density at radius 2 is 1.62 bits per heavy atom. The van der Waals surface area contributed by atoms with Crippen LogP contribution >= 0.6 is 0 Å². The Bertz CT molecular complexity index is 611. The molecule has 0 aliphatic heterocycles. The second-order valence-corrected chi connectivity index (χ2v) is 4.87. The number of ether oxygens (including phenoxy) is 3. The van der Waals surface area contributed by atoms with Crippen LogP contribution in [0.2, 0.25) is 0 Å². The van der Waals surface area contributed by atoms with Gasteiger partial charge in [0.25, 0.3) is 0 Å². The molecule has 0 saturated carbocycles. The predicted molar refractivity (Wildman–Crippen MR) is 84.3 cm³/mol. The Morgan fingerprint density at radius 1 is 0.905 bits per heavy atom. The van der Waals surface area contributed by atoms with Gasteiger partial charge in [-0.25, -0.2) is 0 Å². The van der Waals surface area contributed by atoms with Crippen LogP contribution in [-0.2, 0) is 0 Å². The van der Waals surface area contributed by atoms with Crippen LogP contribution in [0.15, 0.2) is 36.4 Å². The molecule has 2 aromatic carbocycles. The van der Waals surface area contributed by atoms with Crippen molar-refractivity contribution in [3.63, 3.8) is 0 Å². The van der Waals surface area contributed by atoms with E-state index in [4.69, 9.17) is 19.9 Å². The van der Waals surface area contributed by atoms with Gasteiger partial charge in [-0.2, -0.15) is 0 Å². The van der Waals surface area contributed by atoms with Crippen molar-refractivity contribution < 1.29 is 14.2 Å². The molecular formula is C17H21NO3. The lowest BCUT2D eigenvalue weighted by Crippen LogP contribution is -2.10. The molecule has 0 atom stereocenters. The first-order valence-corrected chi connectivity index (χ1v) is 6.86. The number of anilines is 1. The summed E-state index contributed by atoms with van der Waals surface area (Å²) in [7, 11) is 1.60. The molecule has 0 fully saturated rings. The van der Waals surface area contributed by atoms with Crippen LogP contribution in [0.5, 0.6) is 17.2 Å². The Kier molecular flexibility index (Phi) is 4.93. The van der Waals surface area contributed by atoms with Crippen LogP contribution in [-0.4, -0.2) is 20.3 Å². The minimum absolute atomic E-state index is 0.434. The fourth-order valence-corrected chi connectivity index (χ4v) is 1.95. The van der Waals surface area contributed by atoms with Gasteiger partial charge in [0.2, 0.25) is 0 Å². The van der Waals surface area contributed by atoms with Crippen molar-refractivity contribution in [2.24, 2.45) is 0 Å². The van der Waals surface area contributed by atoms with E-state index in [2.05, 4.69) is 6.07 Å². The van der Waals surface area contributed by atoms with Gasteiger partial charge in [-0.05, 0) is 43.2 Å². The van der Waals surface area contributed by atoms with Crippen LogP contribution < -0.4 is 19.9 Å². The van der Waals surface area contributed by atoms with Gasteiger partial charge in [0.1, 0.15) is 30.5 Å². The summed E-state index contributed by atoms with van der Waals surface area (Å²) in [4.78, 5) is 0. The molecule has 21 heavy (non-hydrogen) atoms. The molecule has 0 aliphatic rings. The van der Waals surface area contributed by atoms with Gasteiger partial charge in [0.15, 0.2) is 0 Å². The molecule has 0 radical (unpaired) electrons. The van der Waals surface area contributed by atoms with E-state index in [9.17, 15) is 0 Å². The summed E-state index contributed by atoms with van der Waals surface area (Å²) in [5, 5.41) is 0. The van der Waals surface area contributed by atoms with Crippen LogP contribution in [0.4, 0.5) is 5.69 Å². The SMILES string of the molecule is COc1ccc(OCCOc2cc(C)ccc2C)c(N)c1. The number of hydrogen-bond donors (Lipinski definition) is 1. The fourth-order valence-electron chi connectivity index (χ4n) is 1.95. The second kappa shape index (κ2) is 6.88. The maximum atomic E-state index is 5.89.